The van der Waals surface area contributed by atoms with Crippen LogP contribution < -0.4 is 0 Å². The Labute approximate surface area is 108 Å². The summed E-state index contributed by atoms with van der Waals surface area (Å²) in [5, 5.41) is 8.78. The summed E-state index contributed by atoms with van der Waals surface area (Å²) < 4.78 is 39.7. The van der Waals surface area contributed by atoms with Crippen molar-refractivity contribution in [1.82, 2.24) is 4.90 Å². The molecular weight excluding hydrogens is 267 g/mol. The van der Waals surface area contributed by atoms with Crippen molar-refractivity contribution < 1.29 is 32.6 Å². The van der Waals surface area contributed by atoms with Crippen molar-refractivity contribution in [3.8, 4) is 0 Å². The Morgan fingerprint density at radius 3 is 2.32 bits per heavy atom. The quantitative estimate of drug-likeness (QED) is 0.772. The Morgan fingerprint density at radius 2 is 1.84 bits per heavy atom. The molecule has 19 heavy (non-hydrogen) atoms. The molecule has 0 saturated carbocycles. The van der Waals surface area contributed by atoms with Crippen LogP contribution in [-0.4, -0.2) is 54.4 Å². The van der Waals surface area contributed by atoms with Crippen LogP contribution >= 0.6 is 0 Å². The highest BCUT2D eigenvalue weighted by Gasteiger charge is 2.28. The molecule has 1 N–H and O–H groups in total. The Morgan fingerprint density at radius 1 is 1.26 bits per heavy atom. The van der Waals surface area contributed by atoms with Crippen molar-refractivity contribution in [2.24, 2.45) is 5.92 Å². The van der Waals surface area contributed by atoms with Gasteiger partial charge in [0.05, 0.1) is 18.9 Å². The number of carbonyl (C=O) groups is 2. The molecule has 0 atom stereocenters. The van der Waals surface area contributed by atoms with E-state index in [9.17, 15) is 22.8 Å². The van der Waals surface area contributed by atoms with E-state index in [0.29, 0.717) is 25.9 Å². The number of hydrogen-bond acceptors (Lipinski definition) is 3. The molecular formula is C11H16F3NO4. The Balaban J connectivity index is 2.19. The summed E-state index contributed by atoms with van der Waals surface area (Å²) in [6.45, 7) is -0.983. The zero-order valence-corrected chi connectivity index (χ0v) is 10.3. The predicted octanol–water partition coefficient (Wildman–Crippen LogP) is 1.28. The second kappa shape index (κ2) is 6.74. The molecule has 1 fully saturated rings. The van der Waals surface area contributed by atoms with E-state index in [4.69, 9.17) is 5.11 Å². The summed E-state index contributed by atoms with van der Waals surface area (Å²) in [5.41, 5.74) is 0. The first-order valence-corrected chi connectivity index (χ1v) is 5.94. The Kier molecular flexibility index (Phi) is 5.59. The van der Waals surface area contributed by atoms with Crippen LogP contribution in [0.3, 0.4) is 0 Å². The standard InChI is InChI=1S/C11H16F3NO4/c12-11(13,14)7-19-6-3-9(16)15-4-1-8(2-5-15)10(17)18/h8H,1-7H2,(H,17,18). The number of aliphatic carboxylic acids is 1. The van der Waals surface area contributed by atoms with Gasteiger partial charge in [0.2, 0.25) is 5.91 Å². The second-order valence-electron chi connectivity index (χ2n) is 4.41. The number of nitrogens with zero attached hydrogens (tertiary/aromatic N) is 1. The number of piperidine rings is 1. The molecule has 0 spiro atoms. The zero-order chi connectivity index (χ0) is 14.5. The third-order valence-corrected chi connectivity index (χ3v) is 2.92. The first kappa shape index (κ1) is 15.7. The summed E-state index contributed by atoms with van der Waals surface area (Å²) in [4.78, 5) is 23.8. The number of alkyl halides is 3. The van der Waals surface area contributed by atoms with Crippen LogP contribution in [0.4, 0.5) is 13.2 Å². The molecule has 8 heteroatoms. The molecule has 1 rings (SSSR count). The molecule has 0 aromatic carbocycles. The number of hydrogen-bond donors (Lipinski definition) is 1. The summed E-state index contributed by atoms with van der Waals surface area (Å²) in [6, 6.07) is 0. The van der Waals surface area contributed by atoms with Gasteiger partial charge in [-0.25, -0.2) is 0 Å². The van der Waals surface area contributed by atoms with Gasteiger partial charge in [-0.15, -0.1) is 0 Å². The van der Waals surface area contributed by atoms with Gasteiger partial charge in [0, 0.05) is 13.1 Å². The molecule has 5 nitrogen and oxygen atoms in total. The van der Waals surface area contributed by atoms with E-state index in [0.717, 1.165) is 0 Å². The van der Waals surface area contributed by atoms with E-state index in [1.54, 1.807) is 0 Å². The molecule has 1 amide bonds. The molecule has 0 aromatic heterocycles. The maximum Gasteiger partial charge on any atom is 0.411 e. The minimum absolute atomic E-state index is 0.117. The molecule has 1 aliphatic rings. The average Bonchev–Trinajstić information content (AvgIpc) is 2.33. The van der Waals surface area contributed by atoms with Crippen molar-refractivity contribution in [2.45, 2.75) is 25.4 Å². The van der Waals surface area contributed by atoms with Gasteiger partial charge in [-0.3, -0.25) is 9.59 Å². The van der Waals surface area contributed by atoms with Crippen LogP contribution in [0.15, 0.2) is 0 Å². The van der Waals surface area contributed by atoms with Gasteiger partial charge in [-0.1, -0.05) is 0 Å². The number of ether oxygens (including phenoxy) is 1. The van der Waals surface area contributed by atoms with Gasteiger partial charge in [0.1, 0.15) is 6.61 Å². The lowest BCUT2D eigenvalue weighted by Gasteiger charge is -2.30. The molecule has 0 aliphatic carbocycles. The van der Waals surface area contributed by atoms with Crippen molar-refractivity contribution in [3.05, 3.63) is 0 Å². The molecule has 110 valence electrons. The topological polar surface area (TPSA) is 66.8 Å². The average molecular weight is 283 g/mol. The number of amides is 1. The lowest BCUT2D eigenvalue weighted by molar-refractivity contribution is -0.175. The monoisotopic (exact) mass is 283 g/mol. The lowest BCUT2D eigenvalue weighted by Crippen LogP contribution is -2.40. The molecule has 1 aliphatic heterocycles. The number of likely N-dealkylation sites (tertiary alicyclic amines) is 1. The van der Waals surface area contributed by atoms with Gasteiger partial charge < -0.3 is 14.7 Å². The fourth-order valence-electron chi connectivity index (χ4n) is 1.88. The van der Waals surface area contributed by atoms with Crippen molar-refractivity contribution in [1.29, 1.82) is 0 Å². The van der Waals surface area contributed by atoms with E-state index in [2.05, 4.69) is 4.74 Å². The highest BCUT2D eigenvalue weighted by atomic mass is 19.4. The van der Waals surface area contributed by atoms with Crippen LogP contribution in [0.1, 0.15) is 19.3 Å². The smallest absolute Gasteiger partial charge is 0.411 e. The van der Waals surface area contributed by atoms with Gasteiger partial charge in [0.15, 0.2) is 0 Å². The molecule has 0 radical (unpaired) electrons. The maximum absolute atomic E-state index is 11.8. The van der Waals surface area contributed by atoms with E-state index < -0.39 is 24.7 Å². The maximum atomic E-state index is 11.8. The normalized spacial score (nSPS) is 17.5. The Hall–Kier alpha value is -1.31. The minimum Gasteiger partial charge on any atom is -0.481 e. The molecule has 0 aromatic rings. The molecule has 1 saturated heterocycles. The SMILES string of the molecule is O=C(O)C1CCN(C(=O)CCOCC(F)(F)F)CC1. The highest BCUT2D eigenvalue weighted by molar-refractivity contribution is 5.77. The summed E-state index contributed by atoms with van der Waals surface area (Å²) in [5.74, 6) is -1.61. The van der Waals surface area contributed by atoms with Gasteiger partial charge in [-0.05, 0) is 12.8 Å². The largest absolute Gasteiger partial charge is 0.481 e. The van der Waals surface area contributed by atoms with E-state index >= 15 is 0 Å². The predicted molar refractivity (Wildman–Crippen MR) is 58.4 cm³/mol. The number of carboxylic acid groups (broad SMARTS) is 1. The lowest BCUT2D eigenvalue weighted by atomic mass is 9.97. The number of rotatable bonds is 5. The summed E-state index contributed by atoms with van der Waals surface area (Å²) in [6.07, 6.45) is -3.74. The minimum atomic E-state index is -4.39. The van der Waals surface area contributed by atoms with Crippen LogP contribution in [0, 0.1) is 5.92 Å². The Bertz CT molecular complexity index is 324. The first-order chi connectivity index (χ1) is 8.79. The number of carbonyl (C=O) groups excluding carboxylic acids is 1. The number of carboxylic acids is 1. The van der Waals surface area contributed by atoms with Gasteiger partial charge in [0.25, 0.3) is 0 Å². The van der Waals surface area contributed by atoms with Crippen LogP contribution in [0.2, 0.25) is 0 Å². The fraction of sp³-hybridized carbons (Fsp3) is 0.818. The van der Waals surface area contributed by atoms with Crippen molar-refractivity contribution in [3.63, 3.8) is 0 Å². The van der Waals surface area contributed by atoms with Crippen LogP contribution in [-0.2, 0) is 14.3 Å². The number of halogens is 3. The van der Waals surface area contributed by atoms with Gasteiger partial charge >= 0.3 is 12.1 Å². The van der Waals surface area contributed by atoms with Crippen LogP contribution in [0.25, 0.3) is 0 Å². The molecule has 0 bridgehead atoms. The summed E-state index contributed by atoms with van der Waals surface area (Å²) >= 11 is 0. The first-order valence-electron chi connectivity index (χ1n) is 5.94. The van der Waals surface area contributed by atoms with E-state index in [1.807, 2.05) is 0 Å². The summed E-state index contributed by atoms with van der Waals surface area (Å²) in [7, 11) is 0. The van der Waals surface area contributed by atoms with Crippen molar-refractivity contribution >= 4 is 11.9 Å². The zero-order valence-electron chi connectivity index (χ0n) is 10.3. The third-order valence-electron chi connectivity index (χ3n) is 2.92. The van der Waals surface area contributed by atoms with E-state index in [-0.39, 0.29) is 18.9 Å². The van der Waals surface area contributed by atoms with E-state index in [1.165, 1.54) is 4.90 Å². The molecule has 0 unspecified atom stereocenters. The van der Waals surface area contributed by atoms with Crippen LogP contribution in [0.5, 0.6) is 0 Å². The second-order valence-corrected chi connectivity index (χ2v) is 4.41. The molecule has 1 heterocycles. The van der Waals surface area contributed by atoms with Crippen molar-refractivity contribution in [2.75, 3.05) is 26.3 Å². The highest BCUT2D eigenvalue weighted by Crippen LogP contribution is 2.18. The van der Waals surface area contributed by atoms with Gasteiger partial charge in [-0.2, -0.15) is 13.2 Å². The third kappa shape index (κ3) is 5.91. The fourth-order valence-corrected chi connectivity index (χ4v) is 1.88.